The van der Waals surface area contributed by atoms with Crippen molar-refractivity contribution in [3.8, 4) is 0 Å². The molecule has 1 saturated heterocycles. The molecule has 1 aliphatic rings. The number of hydrogen-bond acceptors (Lipinski definition) is 4. The first-order valence-corrected chi connectivity index (χ1v) is 7.66. The predicted octanol–water partition coefficient (Wildman–Crippen LogP) is 2.76. The van der Waals surface area contributed by atoms with Gasteiger partial charge in [0.2, 0.25) is 0 Å². The molecule has 1 aromatic heterocycles. The van der Waals surface area contributed by atoms with E-state index < -0.39 is 0 Å². The minimum Gasteiger partial charge on any atom is -0.373 e. The standard InChI is InChI=1S/C14H22BrN3O/c1-11-9-18(10-12(2)19-11)7-3-6-16-14-5-4-13(15)8-17-14/h4-5,8,11-12H,3,6-7,9-10H2,1-2H3,(H,16,17). The average Bonchev–Trinajstić information content (AvgIpc) is 2.36. The lowest BCUT2D eigenvalue weighted by molar-refractivity contribution is -0.0678. The minimum atomic E-state index is 0.352. The Morgan fingerprint density at radius 2 is 2.11 bits per heavy atom. The van der Waals surface area contributed by atoms with Crippen LogP contribution >= 0.6 is 15.9 Å². The van der Waals surface area contributed by atoms with Crippen LogP contribution in [0.2, 0.25) is 0 Å². The van der Waals surface area contributed by atoms with Crippen LogP contribution in [0.1, 0.15) is 20.3 Å². The molecule has 0 aliphatic carbocycles. The van der Waals surface area contributed by atoms with E-state index in [1.54, 1.807) is 0 Å². The maximum Gasteiger partial charge on any atom is 0.125 e. The zero-order valence-corrected chi connectivity index (χ0v) is 13.2. The van der Waals surface area contributed by atoms with E-state index in [4.69, 9.17) is 4.74 Å². The van der Waals surface area contributed by atoms with Crippen molar-refractivity contribution in [3.05, 3.63) is 22.8 Å². The number of anilines is 1. The van der Waals surface area contributed by atoms with Gasteiger partial charge in [-0.1, -0.05) is 0 Å². The number of halogens is 1. The first-order valence-electron chi connectivity index (χ1n) is 6.86. The monoisotopic (exact) mass is 327 g/mol. The summed E-state index contributed by atoms with van der Waals surface area (Å²) in [4.78, 5) is 6.78. The Hall–Kier alpha value is -0.650. The molecular formula is C14H22BrN3O. The second-order valence-electron chi connectivity index (χ2n) is 5.16. The zero-order chi connectivity index (χ0) is 13.7. The molecule has 5 heteroatoms. The van der Waals surface area contributed by atoms with Gasteiger partial charge in [0.05, 0.1) is 12.2 Å². The van der Waals surface area contributed by atoms with Gasteiger partial charge in [-0.05, 0) is 48.3 Å². The number of nitrogens with one attached hydrogen (secondary N) is 1. The molecule has 2 heterocycles. The fraction of sp³-hybridized carbons (Fsp3) is 0.643. The van der Waals surface area contributed by atoms with E-state index in [1.165, 1.54) is 0 Å². The molecule has 0 spiro atoms. The van der Waals surface area contributed by atoms with Crippen molar-refractivity contribution < 1.29 is 4.74 Å². The highest BCUT2D eigenvalue weighted by Gasteiger charge is 2.21. The van der Waals surface area contributed by atoms with Crippen molar-refractivity contribution in [1.82, 2.24) is 9.88 Å². The minimum absolute atomic E-state index is 0.352. The second-order valence-corrected chi connectivity index (χ2v) is 6.07. The molecule has 0 amide bonds. The van der Waals surface area contributed by atoms with Gasteiger partial charge in [0.15, 0.2) is 0 Å². The number of ether oxygens (including phenoxy) is 1. The lowest BCUT2D eigenvalue weighted by atomic mass is 10.2. The van der Waals surface area contributed by atoms with Crippen LogP contribution < -0.4 is 5.32 Å². The highest BCUT2D eigenvalue weighted by molar-refractivity contribution is 9.10. The van der Waals surface area contributed by atoms with E-state index in [1.807, 2.05) is 18.3 Å². The summed E-state index contributed by atoms with van der Waals surface area (Å²) < 4.78 is 6.74. The van der Waals surface area contributed by atoms with E-state index in [-0.39, 0.29) is 0 Å². The maximum atomic E-state index is 5.73. The van der Waals surface area contributed by atoms with Crippen LogP contribution in [-0.2, 0) is 4.74 Å². The van der Waals surface area contributed by atoms with Crippen LogP contribution in [0.25, 0.3) is 0 Å². The number of hydrogen-bond donors (Lipinski definition) is 1. The Balaban J connectivity index is 1.65. The molecule has 4 nitrogen and oxygen atoms in total. The molecule has 2 atom stereocenters. The largest absolute Gasteiger partial charge is 0.373 e. The first kappa shape index (κ1) is 14.8. The molecule has 1 fully saturated rings. The predicted molar refractivity (Wildman–Crippen MR) is 81.5 cm³/mol. The van der Waals surface area contributed by atoms with Crippen molar-refractivity contribution in [1.29, 1.82) is 0 Å². The highest BCUT2D eigenvalue weighted by Crippen LogP contribution is 2.12. The first-order chi connectivity index (χ1) is 9.13. The molecule has 2 unspecified atom stereocenters. The van der Waals surface area contributed by atoms with Gasteiger partial charge in [-0.2, -0.15) is 0 Å². The number of nitrogens with zero attached hydrogens (tertiary/aromatic N) is 2. The van der Waals surface area contributed by atoms with Gasteiger partial charge in [0.1, 0.15) is 5.82 Å². The number of pyridine rings is 1. The summed E-state index contributed by atoms with van der Waals surface area (Å²) in [5.41, 5.74) is 0. The number of morpholine rings is 1. The van der Waals surface area contributed by atoms with Crippen LogP contribution in [0.3, 0.4) is 0 Å². The average molecular weight is 328 g/mol. The Morgan fingerprint density at radius 3 is 2.74 bits per heavy atom. The topological polar surface area (TPSA) is 37.4 Å². The van der Waals surface area contributed by atoms with Crippen LogP contribution in [0.5, 0.6) is 0 Å². The Morgan fingerprint density at radius 1 is 1.37 bits per heavy atom. The summed E-state index contributed by atoms with van der Waals surface area (Å²) in [6.45, 7) is 8.44. The van der Waals surface area contributed by atoms with Crippen LogP contribution in [0.4, 0.5) is 5.82 Å². The fourth-order valence-electron chi connectivity index (χ4n) is 2.47. The molecule has 1 aliphatic heterocycles. The molecule has 0 aromatic carbocycles. The SMILES string of the molecule is CC1CN(CCCNc2ccc(Br)cn2)CC(C)O1. The lowest BCUT2D eigenvalue weighted by Crippen LogP contribution is -2.45. The normalized spacial score (nSPS) is 24.4. The second kappa shape index (κ2) is 7.22. The van der Waals surface area contributed by atoms with Gasteiger partial charge in [0, 0.05) is 36.8 Å². The zero-order valence-electron chi connectivity index (χ0n) is 11.6. The summed E-state index contributed by atoms with van der Waals surface area (Å²) in [5.74, 6) is 0.937. The van der Waals surface area contributed by atoms with Gasteiger partial charge >= 0.3 is 0 Å². The number of rotatable bonds is 5. The van der Waals surface area contributed by atoms with Gasteiger partial charge in [0.25, 0.3) is 0 Å². The van der Waals surface area contributed by atoms with E-state index >= 15 is 0 Å². The molecule has 0 bridgehead atoms. The van der Waals surface area contributed by atoms with Crippen molar-refractivity contribution in [2.45, 2.75) is 32.5 Å². The third kappa shape index (κ3) is 5.09. The van der Waals surface area contributed by atoms with Crippen molar-refractivity contribution in [2.24, 2.45) is 0 Å². The molecule has 106 valence electrons. The third-order valence-electron chi connectivity index (χ3n) is 3.18. The Labute approximate surface area is 123 Å². The van der Waals surface area contributed by atoms with Crippen LogP contribution in [-0.4, -0.2) is 48.3 Å². The van der Waals surface area contributed by atoms with E-state index in [2.05, 4.69) is 45.0 Å². The van der Waals surface area contributed by atoms with Gasteiger partial charge < -0.3 is 10.1 Å². The molecule has 2 rings (SSSR count). The van der Waals surface area contributed by atoms with Crippen LogP contribution in [0.15, 0.2) is 22.8 Å². The van der Waals surface area contributed by atoms with Gasteiger partial charge in [-0.3, -0.25) is 4.90 Å². The lowest BCUT2D eigenvalue weighted by Gasteiger charge is -2.35. The van der Waals surface area contributed by atoms with Crippen molar-refractivity contribution in [3.63, 3.8) is 0 Å². The molecule has 1 N–H and O–H groups in total. The highest BCUT2D eigenvalue weighted by atomic mass is 79.9. The molecule has 19 heavy (non-hydrogen) atoms. The van der Waals surface area contributed by atoms with Gasteiger partial charge in [-0.25, -0.2) is 4.98 Å². The quantitative estimate of drug-likeness (QED) is 0.844. The number of aromatic nitrogens is 1. The smallest absolute Gasteiger partial charge is 0.125 e. The maximum absolute atomic E-state index is 5.73. The Bertz CT molecular complexity index is 375. The van der Waals surface area contributed by atoms with Crippen molar-refractivity contribution >= 4 is 21.7 Å². The van der Waals surface area contributed by atoms with E-state index in [9.17, 15) is 0 Å². The summed E-state index contributed by atoms with van der Waals surface area (Å²) in [6.07, 6.45) is 3.64. The Kier molecular flexibility index (Phi) is 5.60. The molecule has 0 radical (unpaired) electrons. The third-order valence-corrected chi connectivity index (χ3v) is 3.65. The van der Waals surface area contributed by atoms with Gasteiger partial charge in [-0.15, -0.1) is 0 Å². The summed E-state index contributed by atoms with van der Waals surface area (Å²) >= 11 is 3.38. The fourth-order valence-corrected chi connectivity index (χ4v) is 2.70. The molecular weight excluding hydrogens is 306 g/mol. The van der Waals surface area contributed by atoms with E-state index in [0.717, 1.165) is 42.9 Å². The van der Waals surface area contributed by atoms with Crippen LogP contribution in [0, 0.1) is 0 Å². The summed E-state index contributed by atoms with van der Waals surface area (Å²) in [7, 11) is 0. The summed E-state index contributed by atoms with van der Waals surface area (Å²) in [5, 5.41) is 3.34. The van der Waals surface area contributed by atoms with E-state index in [0.29, 0.717) is 12.2 Å². The summed E-state index contributed by atoms with van der Waals surface area (Å²) in [6, 6.07) is 3.99. The molecule has 1 aromatic rings. The molecule has 0 saturated carbocycles. The van der Waals surface area contributed by atoms with Crippen molar-refractivity contribution in [2.75, 3.05) is 31.5 Å².